The van der Waals surface area contributed by atoms with Gasteiger partial charge in [0, 0.05) is 43.0 Å². The van der Waals surface area contributed by atoms with Gasteiger partial charge in [0.1, 0.15) is 24.0 Å². The highest BCUT2D eigenvalue weighted by atomic mass is 15.3. The maximum absolute atomic E-state index is 8.78. The normalized spacial score (nSPS) is 21.1. The number of nitriles is 1. The molecule has 4 heterocycles. The van der Waals surface area contributed by atoms with Crippen LogP contribution in [0.2, 0.25) is 0 Å². The molecule has 0 aliphatic carbocycles. The molecule has 0 amide bonds. The first kappa shape index (κ1) is 16.7. The number of rotatable bonds is 4. The van der Waals surface area contributed by atoms with Gasteiger partial charge in [-0.15, -0.1) is 0 Å². The van der Waals surface area contributed by atoms with Gasteiger partial charge in [-0.3, -0.25) is 0 Å². The molecule has 8 heteroatoms. The Hall–Kier alpha value is -3.44. The van der Waals surface area contributed by atoms with Gasteiger partial charge in [0.25, 0.3) is 0 Å². The Bertz CT molecular complexity index is 1020. The molecule has 28 heavy (non-hydrogen) atoms. The standard InChI is InChI=1S/C20H20N8/c1-26-9-14-10-28(18(14)11-26)17-4-2-16(3-5-17)27-12-20(24-13-27)25-19-8-22-15(6-21)7-23-19/h2-5,7-8,12-14,18H,9-11H2,1H3,(H,23,25)/t14-,18-/m1/s1. The van der Waals surface area contributed by atoms with Crippen molar-refractivity contribution < 1.29 is 0 Å². The van der Waals surface area contributed by atoms with Gasteiger partial charge < -0.3 is 19.7 Å². The molecule has 2 atom stereocenters. The molecule has 0 saturated carbocycles. The molecule has 0 radical (unpaired) electrons. The van der Waals surface area contributed by atoms with E-state index in [0.29, 0.717) is 17.7 Å². The number of likely N-dealkylation sites (N-methyl/N-ethyl adjacent to an activating group) is 1. The van der Waals surface area contributed by atoms with Crippen LogP contribution in [0, 0.1) is 17.2 Å². The average Bonchev–Trinajstić information content (AvgIpc) is 3.29. The van der Waals surface area contributed by atoms with E-state index in [-0.39, 0.29) is 5.69 Å². The van der Waals surface area contributed by atoms with Crippen molar-refractivity contribution >= 4 is 17.3 Å². The van der Waals surface area contributed by atoms with E-state index in [2.05, 4.69) is 61.4 Å². The number of benzene rings is 1. The van der Waals surface area contributed by atoms with Crippen LogP contribution < -0.4 is 10.2 Å². The molecule has 3 aromatic rings. The molecule has 2 aromatic heterocycles. The molecule has 5 rings (SSSR count). The van der Waals surface area contributed by atoms with Crippen molar-refractivity contribution in [2.75, 3.05) is 36.9 Å². The molecular formula is C20H20N8. The Morgan fingerprint density at radius 2 is 1.82 bits per heavy atom. The highest BCUT2D eigenvalue weighted by Crippen LogP contribution is 2.36. The van der Waals surface area contributed by atoms with Crippen molar-refractivity contribution in [1.29, 1.82) is 5.26 Å². The Labute approximate surface area is 163 Å². The number of anilines is 3. The zero-order chi connectivity index (χ0) is 19.1. The Morgan fingerprint density at radius 1 is 1.00 bits per heavy atom. The third-order valence-electron chi connectivity index (χ3n) is 5.51. The highest BCUT2D eigenvalue weighted by Gasteiger charge is 2.44. The van der Waals surface area contributed by atoms with Crippen LogP contribution in [0.5, 0.6) is 0 Å². The van der Waals surface area contributed by atoms with Crippen LogP contribution in [0.4, 0.5) is 17.3 Å². The van der Waals surface area contributed by atoms with Crippen LogP contribution in [0.1, 0.15) is 5.69 Å². The van der Waals surface area contributed by atoms with Crippen molar-refractivity contribution in [2.24, 2.45) is 5.92 Å². The Morgan fingerprint density at radius 3 is 2.54 bits per heavy atom. The minimum Gasteiger partial charge on any atom is -0.366 e. The number of hydrogen-bond donors (Lipinski definition) is 1. The number of hydrogen-bond acceptors (Lipinski definition) is 7. The van der Waals surface area contributed by atoms with Crippen molar-refractivity contribution in [3.05, 3.63) is 54.9 Å². The molecular weight excluding hydrogens is 352 g/mol. The fourth-order valence-corrected chi connectivity index (χ4v) is 4.07. The van der Waals surface area contributed by atoms with Gasteiger partial charge in [-0.1, -0.05) is 0 Å². The molecule has 1 N–H and O–H groups in total. The molecule has 0 bridgehead atoms. The molecule has 1 aromatic carbocycles. The second-order valence-corrected chi connectivity index (χ2v) is 7.41. The second kappa shape index (κ2) is 6.62. The summed E-state index contributed by atoms with van der Waals surface area (Å²) >= 11 is 0. The lowest BCUT2D eigenvalue weighted by atomic mass is 9.91. The SMILES string of the molecule is CN1C[C@@H]2CN(c3ccc(-n4cnc(Nc5cnc(C#N)cn5)c4)cc3)[C@@H]2C1. The molecule has 8 nitrogen and oxygen atoms in total. The van der Waals surface area contributed by atoms with Crippen LogP contribution in [0.3, 0.4) is 0 Å². The summed E-state index contributed by atoms with van der Waals surface area (Å²) in [6.07, 6.45) is 6.62. The quantitative estimate of drug-likeness (QED) is 0.750. The van der Waals surface area contributed by atoms with Gasteiger partial charge in [-0.25, -0.2) is 15.0 Å². The summed E-state index contributed by atoms with van der Waals surface area (Å²) in [7, 11) is 2.20. The number of imidazole rings is 1. The van der Waals surface area contributed by atoms with E-state index in [1.165, 1.54) is 24.6 Å². The van der Waals surface area contributed by atoms with Crippen molar-refractivity contribution in [2.45, 2.75) is 6.04 Å². The fraction of sp³-hybridized carbons (Fsp3) is 0.300. The van der Waals surface area contributed by atoms with E-state index in [0.717, 1.165) is 24.7 Å². The summed E-state index contributed by atoms with van der Waals surface area (Å²) in [5.41, 5.74) is 2.62. The third kappa shape index (κ3) is 2.96. The average molecular weight is 372 g/mol. The maximum atomic E-state index is 8.78. The minimum absolute atomic E-state index is 0.286. The molecule has 140 valence electrons. The molecule has 0 unspecified atom stereocenters. The lowest BCUT2D eigenvalue weighted by Gasteiger charge is -2.45. The van der Waals surface area contributed by atoms with Crippen LogP contribution >= 0.6 is 0 Å². The van der Waals surface area contributed by atoms with Crippen LogP contribution in [0.25, 0.3) is 5.69 Å². The van der Waals surface area contributed by atoms with Gasteiger partial charge >= 0.3 is 0 Å². The summed E-state index contributed by atoms with van der Waals surface area (Å²) in [6, 6.07) is 11.2. The Kier molecular flexibility index (Phi) is 3.95. The number of likely N-dealkylation sites (tertiary alicyclic amines) is 1. The summed E-state index contributed by atoms with van der Waals surface area (Å²) in [5, 5.41) is 11.9. The van der Waals surface area contributed by atoms with E-state index in [1.807, 2.05) is 16.8 Å². The lowest BCUT2D eigenvalue weighted by molar-refractivity contribution is 0.361. The molecule has 2 fully saturated rings. The third-order valence-corrected chi connectivity index (χ3v) is 5.51. The van der Waals surface area contributed by atoms with Crippen molar-refractivity contribution in [3.8, 4) is 11.8 Å². The molecule has 2 aliphatic rings. The van der Waals surface area contributed by atoms with E-state index >= 15 is 0 Å². The largest absolute Gasteiger partial charge is 0.366 e. The van der Waals surface area contributed by atoms with Gasteiger partial charge in [0.15, 0.2) is 5.69 Å². The van der Waals surface area contributed by atoms with Crippen LogP contribution in [0.15, 0.2) is 49.2 Å². The number of aromatic nitrogens is 4. The van der Waals surface area contributed by atoms with Gasteiger partial charge in [-0.2, -0.15) is 5.26 Å². The highest BCUT2D eigenvalue weighted by molar-refractivity contribution is 5.56. The summed E-state index contributed by atoms with van der Waals surface area (Å²) < 4.78 is 1.96. The predicted molar refractivity (Wildman–Crippen MR) is 106 cm³/mol. The van der Waals surface area contributed by atoms with Crippen LogP contribution in [-0.4, -0.2) is 57.1 Å². The Balaban J connectivity index is 1.27. The summed E-state index contributed by atoms with van der Waals surface area (Å²) in [5.74, 6) is 2.04. The minimum atomic E-state index is 0.286. The smallest absolute Gasteiger partial charge is 0.158 e. The van der Waals surface area contributed by atoms with E-state index in [4.69, 9.17) is 5.26 Å². The molecule has 0 spiro atoms. The van der Waals surface area contributed by atoms with Gasteiger partial charge in [-0.05, 0) is 31.3 Å². The summed E-state index contributed by atoms with van der Waals surface area (Å²) in [4.78, 5) is 17.4. The van der Waals surface area contributed by atoms with Crippen molar-refractivity contribution in [3.63, 3.8) is 0 Å². The monoisotopic (exact) mass is 372 g/mol. The van der Waals surface area contributed by atoms with E-state index < -0.39 is 0 Å². The van der Waals surface area contributed by atoms with Gasteiger partial charge in [0.05, 0.1) is 18.6 Å². The lowest BCUT2D eigenvalue weighted by Crippen LogP contribution is -2.55. The first-order valence-corrected chi connectivity index (χ1v) is 9.28. The first-order valence-electron chi connectivity index (χ1n) is 9.28. The fourth-order valence-electron chi connectivity index (χ4n) is 4.07. The van der Waals surface area contributed by atoms with E-state index in [1.54, 1.807) is 6.33 Å². The zero-order valence-corrected chi connectivity index (χ0v) is 15.5. The summed E-state index contributed by atoms with van der Waals surface area (Å²) in [6.45, 7) is 3.52. The first-order chi connectivity index (χ1) is 13.7. The van der Waals surface area contributed by atoms with Crippen LogP contribution in [-0.2, 0) is 0 Å². The van der Waals surface area contributed by atoms with E-state index in [9.17, 15) is 0 Å². The van der Waals surface area contributed by atoms with Crippen molar-refractivity contribution in [1.82, 2.24) is 24.4 Å². The number of nitrogens with zero attached hydrogens (tertiary/aromatic N) is 7. The molecule has 2 saturated heterocycles. The second-order valence-electron chi connectivity index (χ2n) is 7.41. The zero-order valence-electron chi connectivity index (χ0n) is 15.5. The number of fused-ring (bicyclic) bond motifs is 1. The van der Waals surface area contributed by atoms with Gasteiger partial charge in [0.2, 0.25) is 0 Å². The predicted octanol–water partition coefficient (Wildman–Crippen LogP) is 2.03. The topological polar surface area (TPSA) is 85.9 Å². The maximum Gasteiger partial charge on any atom is 0.158 e. The number of nitrogens with one attached hydrogen (secondary N) is 1. The molecule has 2 aliphatic heterocycles.